The van der Waals surface area contributed by atoms with Gasteiger partial charge in [-0.25, -0.2) is 9.97 Å². The monoisotopic (exact) mass is 287 g/mol. The van der Waals surface area contributed by atoms with E-state index in [2.05, 4.69) is 25.2 Å². The van der Waals surface area contributed by atoms with Crippen molar-refractivity contribution in [3.63, 3.8) is 0 Å². The average Bonchev–Trinajstić information content (AvgIpc) is 2.65. The van der Waals surface area contributed by atoms with E-state index >= 15 is 0 Å². The van der Waals surface area contributed by atoms with E-state index in [4.69, 9.17) is 9.97 Å². The number of nitrogens with zero attached hydrogens (tertiary/aromatic N) is 2. The van der Waals surface area contributed by atoms with Crippen LogP contribution in [0.25, 0.3) is 11.4 Å². The van der Waals surface area contributed by atoms with Crippen molar-refractivity contribution < 1.29 is 0 Å². The third-order valence-corrected chi connectivity index (χ3v) is 4.92. The summed E-state index contributed by atoms with van der Waals surface area (Å²) in [5.74, 6) is 1.91. The third-order valence-electron chi connectivity index (χ3n) is 3.95. The van der Waals surface area contributed by atoms with Crippen molar-refractivity contribution in [3.05, 3.63) is 27.1 Å². The van der Waals surface area contributed by atoms with Gasteiger partial charge in [-0.3, -0.25) is 0 Å². The Morgan fingerprint density at radius 1 is 1.10 bits per heavy atom. The molecule has 0 saturated carbocycles. The largest absolute Gasteiger partial charge is 0.373 e. The second kappa shape index (κ2) is 5.52. The van der Waals surface area contributed by atoms with E-state index < -0.39 is 0 Å². The van der Waals surface area contributed by atoms with Crippen LogP contribution in [-0.4, -0.2) is 17.0 Å². The molecule has 0 aromatic carbocycles. The smallest absolute Gasteiger partial charge is 0.162 e. The maximum atomic E-state index is 4.88. The van der Waals surface area contributed by atoms with Crippen molar-refractivity contribution in [2.45, 2.75) is 46.0 Å². The molecule has 0 aliphatic heterocycles. The molecule has 0 radical (unpaired) electrons. The molecule has 1 aliphatic carbocycles. The summed E-state index contributed by atoms with van der Waals surface area (Å²) in [6, 6.07) is 2.21. The van der Waals surface area contributed by atoms with Crippen LogP contribution in [0.15, 0.2) is 6.07 Å². The lowest BCUT2D eigenvalue weighted by Crippen LogP contribution is -2.06. The minimum Gasteiger partial charge on any atom is -0.373 e. The summed E-state index contributed by atoms with van der Waals surface area (Å²) in [7, 11) is 1.96. The molecule has 0 bridgehead atoms. The van der Waals surface area contributed by atoms with Gasteiger partial charge in [0.2, 0.25) is 0 Å². The minimum absolute atomic E-state index is 0.886. The first-order valence-electron chi connectivity index (χ1n) is 7.34. The summed E-state index contributed by atoms with van der Waals surface area (Å²) in [5.41, 5.74) is 3.77. The van der Waals surface area contributed by atoms with Crippen molar-refractivity contribution >= 4 is 17.2 Å². The number of hydrogen-bond donors (Lipinski definition) is 1. The molecule has 2 heterocycles. The highest BCUT2D eigenvalue weighted by atomic mass is 32.1. The Morgan fingerprint density at radius 2 is 1.90 bits per heavy atom. The van der Waals surface area contributed by atoms with Crippen LogP contribution in [-0.2, 0) is 12.8 Å². The molecule has 20 heavy (non-hydrogen) atoms. The Kier molecular flexibility index (Phi) is 3.74. The SMILES string of the molecule is CNc1nc(-c2cc(C)sc2C)nc2c1CCCCC2. The Labute approximate surface area is 124 Å². The van der Waals surface area contributed by atoms with Gasteiger partial charge in [-0.15, -0.1) is 11.3 Å². The first kappa shape index (κ1) is 13.6. The van der Waals surface area contributed by atoms with Gasteiger partial charge >= 0.3 is 0 Å². The van der Waals surface area contributed by atoms with Gasteiger partial charge in [0.15, 0.2) is 5.82 Å². The molecule has 0 atom stereocenters. The van der Waals surface area contributed by atoms with Crippen LogP contribution in [0.4, 0.5) is 5.82 Å². The average molecular weight is 287 g/mol. The van der Waals surface area contributed by atoms with Crippen LogP contribution in [0.5, 0.6) is 0 Å². The van der Waals surface area contributed by atoms with Gasteiger partial charge in [0.05, 0.1) is 0 Å². The first-order valence-corrected chi connectivity index (χ1v) is 8.15. The molecule has 0 unspecified atom stereocenters. The molecule has 3 rings (SSSR count). The zero-order valence-electron chi connectivity index (χ0n) is 12.4. The molecular formula is C16H21N3S. The fraction of sp³-hybridized carbons (Fsp3) is 0.500. The second-order valence-electron chi connectivity index (χ2n) is 5.46. The van der Waals surface area contributed by atoms with Crippen LogP contribution in [0.1, 0.15) is 40.3 Å². The molecule has 1 N–H and O–H groups in total. The first-order chi connectivity index (χ1) is 9.69. The quantitative estimate of drug-likeness (QED) is 0.844. The van der Waals surface area contributed by atoms with Gasteiger partial charge in [-0.05, 0) is 45.6 Å². The summed E-state index contributed by atoms with van der Waals surface area (Å²) < 4.78 is 0. The number of hydrogen-bond acceptors (Lipinski definition) is 4. The molecule has 0 spiro atoms. The van der Waals surface area contributed by atoms with Gasteiger partial charge in [0.25, 0.3) is 0 Å². The van der Waals surface area contributed by atoms with E-state index in [0.717, 1.165) is 24.5 Å². The van der Waals surface area contributed by atoms with Crippen LogP contribution < -0.4 is 5.32 Å². The van der Waals surface area contributed by atoms with Gasteiger partial charge in [0, 0.05) is 33.6 Å². The minimum atomic E-state index is 0.886. The summed E-state index contributed by atoms with van der Waals surface area (Å²) in [6.45, 7) is 4.30. The molecule has 0 fully saturated rings. The molecule has 3 nitrogen and oxygen atoms in total. The lowest BCUT2D eigenvalue weighted by molar-refractivity contribution is 0.709. The molecule has 0 amide bonds. The standard InChI is InChI=1S/C16H21N3S/c1-10-9-13(11(2)20-10)16-18-14-8-6-4-5-7-12(14)15(17-3)19-16/h9H,4-8H2,1-3H3,(H,17,18,19). The number of nitrogens with one attached hydrogen (secondary N) is 1. The fourth-order valence-electron chi connectivity index (χ4n) is 2.95. The zero-order valence-corrected chi connectivity index (χ0v) is 13.2. The Bertz CT molecular complexity index is 631. The van der Waals surface area contributed by atoms with E-state index in [0.29, 0.717) is 0 Å². The zero-order chi connectivity index (χ0) is 14.1. The highest BCUT2D eigenvalue weighted by molar-refractivity contribution is 7.12. The number of anilines is 1. The predicted molar refractivity (Wildman–Crippen MR) is 85.6 cm³/mol. The number of thiophene rings is 1. The van der Waals surface area contributed by atoms with Crippen LogP contribution >= 0.6 is 11.3 Å². The van der Waals surface area contributed by atoms with Gasteiger partial charge in [0.1, 0.15) is 5.82 Å². The van der Waals surface area contributed by atoms with Crippen molar-refractivity contribution in [3.8, 4) is 11.4 Å². The number of fused-ring (bicyclic) bond motifs is 1. The molecule has 106 valence electrons. The molecule has 1 aliphatic rings. The Hall–Kier alpha value is -1.42. The van der Waals surface area contributed by atoms with Gasteiger partial charge < -0.3 is 5.32 Å². The molecule has 0 saturated heterocycles. The Balaban J connectivity index is 2.13. The second-order valence-corrected chi connectivity index (χ2v) is 6.92. The highest BCUT2D eigenvalue weighted by Crippen LogP contribution is 2.32. The van der Waals surface area contributed by atoms with Crippen molar-refractivity contribution in [1.82, 2.24) is 9.97 Å². The summed E-state index contributed by atoms with van der Waals surface area (Å²) in [4.78, 5) is 12.3. The van der Waals surface area contributed by atoms with E-state index in [1.54, 1.807) is 0 Å². The number of aryl methyl sites for hydroxylation is 3. The van der Waals surface area contributed by atoms with Crippen LogP contribution in [0.2, 0.25) is 0 Å². The summed E-state index contributed by atoms with van der Waals surface area (Å²) in [5, 5.41) is 3.27. The predicted octanol–water partition coefficient (Wildman–Crippen LogP) is 4.13. The molecular weight excluding hydrogens is 266 g/mol. The summed E-state index contributed by atoms with van der Waals surface area (Å²) in [6.07, 6.45) is 5.98. The molecule has 4 heteroatoms. The lowest BCUT2D eigenvalue weighted by Gasteiger charge is -2.12. The van der Waals surface area contributed by atoms with Gasteiger partial charge in [-0.1, -0.05) is 6.42 Å². The maximum Gasteiger partial charge on any atom is 0.162 e. The fourth-order valence-corrected chi connectivity index (χ4v) is 3.87. The topological polar surface area (TPSA) is 37.8 Å². The molecule has 2 aromatic rings. The van der Waals surface area contributed by atoms with E-state index in [9.17, 15) is 0 Å². The van der Waals surface area contributed by atoms with Gasteiger partial charge in [-0.2, -0.15) is 0 Å². The molecule has 2 aromatic heterocycles. The normalized spacial score (nSPS) is 14.8. The highest BCUT2D eigenvalue weighted by Gasteiger charge is 2.18. The van der Waals surface area contributed by atoms with Crippen molar-refractivity contribution in [1.29, 1.82) is 0 Å². The van der Waals surface area contributed by atoms with E-state index in [1.165, 1.54) is 45.8 Å². The van der Waals surface area contributed by atoms with Crippen LogP contribution in [0.3, 0.4) is 0 Å². The third kappa shape index (κ3) is 2.44. The van der Waals surface area contributed by atoms with Crippen molar-refractivity contribution in [2.75, 3.05) is 12.4 Å². The summed E-state index contributed by atoms with van der Waals surface area (Å²) >= 11 is 1.82. The van der Waals surface area contributed by atoms with E-state index in [1.807, 2.05) is 18.4 Å². The number of rotatable bonds is 2. The number of aromatic nitrogens is 2. The van der Waals surface area contributed by atoms with E-state index in [-0.39, 0.29) is 0 Å². The Morgan fingerprint density at radius 3 is 2.60 bits per heavy atom. The maximum absolute atomic E-state index is 4.88. The lowest BCUT2D eigenvalue weighted by atomic mass is 10.1. The van der Waals surface area contributed by atoms with Crippen LogP contribution in [0, 0.1) is 13.8 Å². The van der Waals surface area contributed by atoms with Crippen molar-refractivity contribution in [2.24, 2.45) is 0 Å².